The zero-order chi connectivity index (χ0) is 14.3. The average molecular weight is 274 g/mol. The molecule has 0 amide bonds. The van der Waals surface area contributed by atoms with E-state index in [1.54, 1.807) is 0 Å². The highest BCUT2D eigenvalue weighted by molar-refractivity contribution is 5.29. The van der Waals surface area contributed by atoms with Crippen LogP contribution in [0.5, 0.6) is 0 Å². The number of rotatable bonds is 5. The minimum Gasteiger partial charge on any atom is -0.295 e. The molecular weight excluding hydrogens is 254 g/mol. The van der Waals surface area contributed by atoms with Crippen molar-refractivity contribution in [2.75, 3.05) is 0 Å². The van der Waals surface area contributed by atoms with Crippen molar-refractivity contribution in [3.8, 4) is 0 Å². The standard InChI is InChI=1S/C20H19N/c1-4-10-18(11-5-1)16-21(20-14-8-3-9-15-20)17-19-12-6-2-7-13-19/h1-15H,16-17H2/p+1. The minimum absolute atomic E-state index is 1.000. The van der Waals surface area contributed by atoms with Gasteiger partial charge >= 0.3 is 0 Å². The van der Waals surface area contributed by atoms with E-state index < -0.39 is 0 Å². The Morgan fingerprint density at radius 3 is 1.29 bits per heavy atom. The number of hydrogen-bond donors (Lipinski definition) is 1. The summed E-state index contributed by atoms with van der Waals surface area (Å²) in [5.74, 6) is 0. The molecule has 0 atom stereocenters. The summed E-state index contributed by atoms with van der Waals surface area (Å²) in [6.45, 7) is 2.00. The Bertz CT molecular complexity index is 606. The van der Waals surface area contributed by atoms with Crippen LogP contribution in [0, 0.1) is 0 Å². The summed E-state index contributed by atoms with van der Waals surface area (Å²) in [7, 11) is 0. The molecule has 0 unspecified atom stereocenters. The van der Waals surface area contributed by atoms with E-state index >= 15 is 0 Å². The maximum absolute atomic E-state index is 2.21. The van der Waals surface area contributed by atoms with Crippen molar-refractivity contribution in [3.63, 3.8) is 0 Å². The monoisotopic (exact) mass is 274 g/mol. The molecule has 0 bridgehead atoms. The fraction of sp³-hybridized carbons (Fsp3) is 0.100. The van der Waals surface area contributed by atoms with E-state index in [1.807, 2.05) is 0 Å². The van der Waals surface area contributed by atoms with Gasteiger partial charge < -0.3 is 0 Å². The second-order valence-electron chi connectivity index (χ2n) is 5.29. The lowest BCUT2D eigenvalue weighted by Gasteiger charge is -2.19. The molecule has 104 valence electrons. The van der Waals surface area contributed by atoms with Gasteiger partial charge in [-0.3, -0.25) is 4.90 Å². The summed E-state index contributed by atoms with van der Waals surface area (Å²) in [4.78, 5) is 1.47. The minimum atomic E-state index is 1.000. The van der Waals surface area contributed by atoms with Gasteiger partial charge in [-0.15, -0.1) is 0 Å². The van der Waals surface area contributed by atoms with Crippen molar-refractivity contribution in [1.29, 1.82) is 0 Å². The lowest BCUT2D eigenvalue weighted by Crippen LogP contribution is -3.04. The van der Waals surface area contributed by atoms with E-state index in [4.69, 9.17) is 0 Å². The molecule has 0 radical (unpaired) electrons. The third-order valence-corrected chi connectivity index (χ3v) is 3.70. The summed E-state index contributed by atoms with van der Waals surface area (Å²) in [5.41, 5.74) is 4.07. The number of quaternary nitrogens is 1. The van der Waals surface area contributed by atoms with Gasteiger partial charge in [0.05, 0.1) is 0 Å². The summed E-state index contributed by atoms with van der Waals surface area (Å²) >= 11 is 0. The molecule has 0 heterocycles. The average Bonchev–Trinajstić information content (AvgIpc) is 2.57. The van der Waals surface area contributed by atoms with Crippen molar-refractivity contribution in [2.45, 2.75) is 13.1 Å². The number of para-hydroxylation sites is 1. The summed E-state index contributed by atoms with van der Waals surface area (Å²) in [6.07, 6.45) is 0. The molecular formula is C20H20N+. The molecule has 3 rings (SSSR count). The van der Waals surface area contributed by atoms with Crippen LogP contribution in [0.2, 0.25) is 0 Å². The van der Waals surface area contributed by atoms with E-state index in [0.717, 1.165) is 13.1 Å². The molecule has 0 aromatic heterocycles. The zero-order valence-electron chi connectivity index (χ0n) is 12.1. The Balaban J connectivity index is 1.84. The lowest BCUT2D eigenvalue weighted by atomic mass is 10.1. The number of benzene rings is 3. The highest BCUT2D eigenvalue weighted by Crippen LogP contribution is 2.05. The van der Waals surface area contributed by atoms with Crippen molar-refractivity contribution < 1.29 is 4.90 Å². The Morgan fingerprint density at radius 2 is 0.857 bits per heavy atom. The van der Waals surface area contributed by atoms with Crippen molar-refractivity contribution in [2.24, 2.45) is 0 Å². The first-order valence-corrected chi connectivity index (χ1v) is 7.40. The van der Waals surface area contributed by atoms with E-state index in [0.29, 0.717) is 0 Å². The number of nitrogens with one attached hydrogen (secondary N) is 1. The van der Waals surface area contributed by atoms with E-state index in [-0.39, 0.29) is 0 Å². The maximum atomic E-state index is 2.21. The quantitative estimate of drug-likeness (QED) is 0.725. The first-order chi connectivity index (χ1) is 10.4. The van der Waals surface area contributed by atoms with Crippen LogP contribution in [-0.2, 0) is 13.1 Å². The van der Waals surface area contributed by atoms with Crippen molar-refractivity contribution >= 4 is 5.69 Å². The SMILES string of the molecule is c1ccc(C[NH+](Cc2ccccc2)c2ccccc2)cc1. The molecule has 3 aromatic carbocycles. The fourth-order valence-corrected chi connectivity index (χ4v) is 2.63. The van der Waals surface area contributed by atoms with Crippen LogP contribution in [0.15, 0.2) is 91.0 Å². The van der Waals surface area contributed by atoms with E-state index in [9.17, 15) is 0 Å². The molecule has 0 aliphatic carbocycles. The first kappa shape index (κ1) is 13.6. The highest BCUT2D eigenvalue weighted by Gasteiger charge is 2.13. The zero-order valence-corrected chi connectivity index (χ0v) is 12.1. The second-order valence-corrected chi connectivity index (χ2v) is 5.29. The molecule has 0 saturated heterocycles. The molecule has 3 aromatic rings. The second kappa shape index (κ2) is 6.87. The summed E-state index contributed by atoms with van der Waals surface area (Å²) in [6, 6.07) is 32.1. The van der Waals surface area contributed by atoms with Gasteiger partial charge in [0.2, 0.25) is 0 Å². The predicted molar refractivity (Wildman–Crippen MR) is 87.4 cm³/mol. The maximum Gasteiger partial charge on any atom is 0.131 e. The van der Waals surface area contributed by atoms with Gasteiger partial charge in [0.1, 0.15) is 18.8 Å². The molecule has 21 heavy (non-hydrogen) atoms. The molecule has 0 spiro atoms. The number of hydrogen-bond acceptors (Lipinski definition) is 0. The van der Waals surface area contributed by atoms with Gasteiger partial charge in [-0.1, -0.05) is 78.9 Å². The molecule has 1 nitrogen and oxygen atoms in total. The van der Waals surface area contributed by atoms with Gasteiger partial charge in [0, 0.05) is 11.1 Å². The molecule has 0 saturated carbocycles. The van der Waals surface area contributed by atoms with Crippen molar-refractivity contribution in [3.05, 3.63) is 102 Å². The molecule has 1 heteroatoms. The predicted octanol–water partition coefficient (Wildman–Crippen LogP) is 3.60. The van der Waals surface area contributed by atoms with Crippen molar-refractivity contribution in [1.82, 2.24) is 0 Å². The largest absolute Gasteiger partial charge is 0.295 e. The van der Waals surface area contributed by atoms with Crippen LogP contribution < -0.4 is 4.90 Å². The molecule has 1 N–H and O–H groups in total. The summed E-state index contributed by atoms with van der Waals surface area (Å²) in [5, 5.41) is 0. The van der Waals surface area contributed by atoms with E-state index in [2.05, 4.69) is 91.0 Å². The third-order valence-electron chi connectivity index (χ3n) is 3.70. The topological polar surface area (TPSA) is 4.44 Å². The lowest BCUT2D eigenvalue weighted by molar-refractivity contribution is -0.862. The van der Waals surface area contributed by atoms with Crippen LogP contribution in [-0.4, -0.2) is 0 Å². The summed E-state index contributed by atoms with van der Waals surface area (Å²) < 4.78 is 0. The van der Waals surface area contributed by atoms with Gasteiger partial charge in [0.25, 0.3) is 0 Å². The van der Waals surface area contributed by atoms with Crippen LogP contribution in [0.3, 0.4) is 0 Å². The normalized spacial score (nSPS) is 10.7. The van der Waals surface area contributed by atoms with Crippen LogP contribution in [0.4, 0.5) is 5.69 Å². The van der Waals surface area contributed by atoms with E-state index in [1.165, 1.54) is 21.7 Å². The smallest absolute Gasteiger partial charge is 0.131 e. The molecule has 0 fully saturated rings. The third kappa shape index (κ3) is 3.80. The van der Waals surface area contributed by atoms with Gasteiger partial charge in [-0.2, -0.15) is 0 Å². The van der Waals surface area contributed by atoms with Crippen LogP contribution >= 0.6 is 0 Å². The van der Waals surface area contributed by atoms with Gasteiger partial charge in [-0.05, 0) is 12.1 Å². The Hall–Kier alpha value is -2.38. The first-order valence-electron chi connectivity index (χ1n) is 7.40. The Morgan fingerprint density at radius 1 is 0.476 bits per heavy atom. The Labute approximate surface area is 126 Å². The molecule has 0 aliphatic heterocycles. The fourth-order valence-electron chi connectivity index (χ4n) is 2.63. The van der Waals surface area contributed by atoms with Gasteiger partial charge in [-0.25, -0.2) is 0 Å². The van der Waals surface area contributed by atoms with Crippen LogP contribution in [0.1, 0.15) is 11.1 Å². The van der Waals surface area contributed by atoms with Gasteiger partial charge in [0.15, 0.2) is 0 Å². The highest BCUT2D eigenvalue weighted by atomic mass is 15.1. The van der Waals surface area contributed by atoms with Crippen LogP contribution in [0.25, 0.3) is 0 Å². The molecule has 0 aliphatic rings. The Kier molecular flexibility index (Phi) is 4.45.